The number of hydrogen-bond donors (Lipinski definition) is 1. The van der Waals surface area contributed by atoms with Crippen molar-refractivity contribution >= 4 is 11.3 Å². The van der Waals surface area contributed by atoms with Crippen LogP contribution < -0.4 is 5.73 Å². The molecule has 0 spiro atoms. The van der Waals surface area contributed by atoms with Crippen molar-refractivity contribution in [3.8, 4) is 0 Å². The summed E-state index contributed by atoms with van der Waals surface area (Å²) >= 11 is 1.40. The fourth-order valence-electron chi connectivity index (χ4n) is 1.74. The Morgan fingerprint density at radius 1 is 1.33 bits per heavy atom. The van der Waals surface area contributed by atoms with Crippen molar-refractivity contribution < 1.29 is 13.2 Å². The molecule has 2 N–H and O–H groups in total. The van der Waals surface area contributed by atoms with E-state index in [2.05, 4.69) is 4.98 Å². The lowest BCUT2D eigenvalue weighted by molar-refractivity contribution is -0.137. The number of benzene rings is 1. The molecule has 2 aromatic rings. The van der Waals surface area contributed by atoms with Gasteiger partial charge in [0.2, 0.25) is 0 Å². The summed E-state index contributed by atoms with van der Waals surface area (Å²) in [6.07, 6.45) is -4.33. The summed E-state index contributed by atoms with van der Waals surface area (Å²) in [5.74, 6) is 0. The predicted octanol–water partition coefficient (Wildman–Crippen LogP) is 3.52. The van der Waals surface area contributed by atoms with E-state index >= 15 is 0 Å². The first-order valence-corrected chi connectivity index (χ1v) is 6.15. The second kappa shape index (κ2) is 4.70. The maximum atomic E-state index is 12.5. The molecule has 0 aliphatic carbocycles. The van der Waals surface area contributed by atoms with Crippen LogP contribution in [0.5, 0.6) is 0 Å². The Morgan fingerprint density at radius 2 is 2.06 bits per heavy atom. The summed E-state index contributed by atoms with van der Waals surface area (Å²) in [6, 6.07) is 3.09. The fraction of sp³-hybridized carbons (Fsp3) is 0.250. The van der Waals surface area contributed by atoms with Crippen LogP contribution in [0.1, 0.15) is 28.4 Å². The summed E-state index contributed by atoms with van der Waals surface area (Å²) in [5, 5.41) is 1.79. The third-order valence-corrected chi connectivity index (χ3v) is 3.31. The highest BCUT2D eigenvalue weighted by molar-refractivity contribution is 7.07. The molecule has 0 bridgehead atoms. The molecule has 0 amide bonds. The van der Waals surface area contributed by atoms with E-state index in [1.807, 2.05) is 0 Å². The molecule has 96 valence electrons. The largest absolute Gasteiger partial charge is 0.416 e. The van der Waals surface area contributed by atoms with Gasteiger partial charge in [-0.15, -0.1) is 11.3 Å². The molecule has 0 saturated heterocycles. The Balaban J connectivity index is 2.36. The van der Waals surface area contributed by atoms with Crippen molar-refractivity contribution in [2.45, 2.75) is 19.1 Å². The SMILES string of the molecule is Cc1cc(C(F)(F)F)ccc1C(N)c1cscn1. The zero-order valence-corrected chi connectivity index (χ0v) is 10.3. The molecule has 1 unspecified atom stereocenters. The zero-order valence-electron chi connectivity index (χ0n) is 9.53. The number of halogens is 3. The molecule has 1 heterocycles. The number of rotatable bonds is 2. The van der Waals surface area contributed by atoms with Gasteiger partial charge in [0.15, 0.2) is 0 Å². The molecular formula is C12H11F3N2S. The molecule has 1 aromatic heterocycles. The topological polar surface area (TPSA) is 38.9 Å². The van der Waals surface area contributed by atoms with Crippen molar-refractivity contribution in [2.75, 3.05) is 0 Å². The van der Waals surface area contributed by atoms with Crippen LogP contribution in [0.3, 0.4) is 0 Å². The number of aryl methyl sites for hydroxylation is 1. The third kappa shape index (κ3) is 2.54. The van der Waals surface area contributed by atoms with Crippen molar-refractivity contribution in [1.82, 2.24) is 4.98 Å². The molecule has 0 radical (unpaired) electrons. The highest BCUT2D eigenvalue weighted by atomic mass is 32.1. The Hall–Kier alpha value is -1.40. The number of aromatic nitrogens is 1. The van der Waals surface area contributed by atoms with E-state index in [1.54, 1.807) is 17.8 Å². The van der Waals surface area contributed by atoms with E-state index in [0.29, 0.717) is 16.8 Å². The van der Waals surface area contributed by atoms with E-state index < -0.39 is 17.8 Å². The second-order valence-electron chi connectivity index (χ2n) is 3.96. The normalized spacial score (nSPS) is 13.6. The quantitative estimate of drug-likeness (QED) is 0.908. The lowest BCUT2D eigenvalue weighted by Gasteiger charge is -2.15. The summed E-state index contributed by atoms with van der Waals surface area (Å²) < 4.78 is 37.6. The summed E-state index contributed by atoms with van der Waals surface area (Å²) in [4.78, 5) is 4.08. The first-order valence-electron chi connectivity index (χ1n) is 5.21. The number of nitrogens with zero attached hydrogens (tertiary/aromatic N) is 1. The average Bonchev–Trinajstić information content (AvgIpc) is 2.80. The highest BCUT2D eigenvalue weighted by Gasteiger charge is 2.31. The zero-order chi connectivity index (χ0) is 13.3. The molecule has 0 aliphatic rings. The van der Waals surface area contributed by atoms with E-state index in [4.69, 9.17) is 5.73 Å². The Bertz CT molecular complexity index is 535. The molecular weight excluding hydrogens is 261 g/mol. The third-order valence-electron chi connectivity index (χ3n) is 2.70. The Kier molecular flexibility index (Phi) is 3.41. The van der Waals surface area contributed by atoms with Crippen LogP contribution in [-0.2, 0) is 6.18 Å². The van der Waals surface area contributed by atoms with Gasteiger partial charge in [-0.05, 0) is 30.2 Å². The van der Waals surface area contributed by atoms with Crippen LogP contribution in [-0.4, -0.2) is 4.98 Å². The molecule has 0 saturated carbocycles. The second-order valence-corrected chi connectivity index (χ2v) is 4.68. The summed E-state index contributed by atoms with van der Waals surface area (Å²) in [6.45, 7) is 1.62. The lowest BCUT2D eigenvalue weighted by Crippen LogP contribution is -2.14. The van der Waals surface area contributed by atoms with Crippen molar-refractivity contribution in [3.05, 3.63) is 51.5 Å². The highest BCUT2D eigenvalue weighted by Crippen LogP contribution is 2.32. The van der Waals surface area contributed by atoms with Gasteiger partial charge in [0, 0.05) is 5.38 Å². The van der Waals surface area contributed by atoms with Crippen LogP contribution in [0.2, 0.25) is 0 Å². The minimum absolute atomic E-state index is 0.487. The van der Waals surface area contributed by atoms with Gasteiger partial charge in [-0.1, -0.05) is 6.07 Å². The van der Waals surface area contributed by atoms with Gasteiger partial charge >= 0.3 is 6.18 Å². The van der Waals surface area contributed by atoms with Crippen LogP contribution in [0, 0.1) is 6.92 Å². The number of nitrogens with two attached hydrogens (primary N) is 1. The van der Waals surface area contributed by atoms with Crippen molar-refractivity contribution in [1.29, 1.82) is 0 Å². The molecule has 0 aliphatic heterocycles. The van der Waals surface area contributed by atoms with E-state index in [0.717, 1.165) is 12.1 Å². The van der Waals surface area contributed by atoms with Crippen molar-refractivity contribution in [2.24, 2.45) is 5.73 Å². The van der Waals surface area contributed by atoms with Gasteiger partial charge < -0.3 is 5.73 Å². The molecule has 6 heteroatoms. The number of hydrogen-bond acceptors (Lipinski definition) is 3. The molecule has 2 rings (SSSR count). The molecule has 1 atom stereocenters. The van der Waals surface area contributed by atoms with Crippen LogP contribution >= 0.6 is 11.3 Å². The van der Waals surface area contributed by atoms with Gasteiger partial charge in [0.05, 0.1) is 22.8 Å². The molecule has 1 aromatic carbocycles. The van der Waals surface area contributed by atoms with Crippen LogP contribution in [0.15, 0.2) is 29.1 Å². The summed E-state index contributed by atoms with van der Waals surface area (Å²) in [7, 11) is 0. The minimum Gasteiger partial charge on any atom is -0.319 e. The summed E-state index contributed by atoms with van der Waals surface area (Å²) in [5.41, 5.74) is 8.82. The number of alkyl halides is 3. The molecule has 0 fully saturated rings. The lowest BCUT2D eigenvalue weighted by atomic mass is 9.98. The van der Waals surface area contributed by atoms with Crippen LogP contribution in [0.25, 0.3) is 0 Å². The maximum Gasteiger partial charge on any atom is 0.416 e. The number of thiazole rings is 1. The average molecular weight is 272 g/mol. The standard InChI is InChI=1S/C12H11F3N2S/c1-7-4-8(12(13,14)15)2-3-9(7)11(16)10-5-18-6-17-10/h2-6,11H,16H2,1H3. The smallest absolute Gasteiger partial charge is 0.319 e. The first kappa shape index (κ1) is 13.0. The van der Waals surface area contributed by atoms with E-state index in [9.17, 15) is 13.2 Å². The maximum absolute atomic E-state index is 12.5. The first-order chi connectivity index (χ1) is 8.39. The van der Waals surface area contributed by atoms with Gasteiger partial charge in [-0.25, -0.2) is 4.98 Å². The van der Waals surface area contributed by atoms with E-state index in [-0.39, 0.29) is 0 Å². The van der Waals surface area contributed by atoms with E-state index in [1.165, 1.54) is 17.4 Å². The monoisotopic (exact) mass is 272 g/mol. The van der Waals surface area contributed by atoms with Gasteiger partial charge in [-0.3, -0.25) is 0 Å². The fourth-order valence-corrected chi connectivity index (χ4v) is 2.33. The van der Waals surface area contributed by atoms with Crippen LogP contribution in [0.4, 0.5) is 13.2 Å². The minimum atomic E-state index is -4.33. The van der Waals surface area contributed by atoms with Gasteiger partial charge in [0.25, 0.3) is 0 Å². The Morgan fingerprint density at radius 3 is 2.56 bits per heavy atom. The molecule has 2 nitrogen and oxygen atoms in total. The molecule has 18 heavy (non-hydrogen) atoms. The predicted molar refractivity (Wildman–Crippen MR) is 64.3 cm³/mol. The van der Waals surface area contributed by atoms with Gasteiger partial charge in [-0.2, -0.15) is 13.2 Å². The van der Waals surface area contributed by atoms with Gasteiger partial charge in [0.1, 0.15) is 0 Å². The Labute approximate surface area is 106 Å². The van der Waals surface area contributed by atoms with Crippen molar-refractivity contribution in [3.63, 3.8) is 0 Å².